The van der Waals surface area contributed by atoms with Gasteiger partial charge in [0.2, 0.25) is 5.88 Å². The van der Waals surface area contributed by atoms with E-state index in [1.54, 1.807) is 6.07 Å². The van der Waals surface area contributed by atoms with Gasteiger partial charge in [0.15, 0.2) is 17.4 Å². The summed E-state index contributed by atoms with van der Waals surface area (Å²) in [5, 5.41) is 0. The fourth-order valence-electron chi connectivity index (χ4n) is 4.27. The van der Waals surface area contributed by atoms with Gasteiger partial charge in [0.25, 0.3) is 0 Å². The van der Waals surface area contributed by atoms with Crippen molar-refractivity contribution in [1.82, 2.24) is 14.5 Å². The van der Waals surface area contributed by atoms with E-state index in [-0.39, 0.29) is 30.1 Å². The predicted molar refractivity (Wildman–Crippen MR) is 112 cm³/mol. The molecule has 2 atom stereocenters. The van der Waals surface area contributed by atoms with Crippen LogP contribution in [-0.2, 0) is 19.3 Å². The second-order valence-corrected chi connectivity index (χ2v) is 8.30. The van der Waals surface area contributed by atoms with Crippen molar-refractivity contribution in [1.29, 1.82) is 0 Å². The van der Waals surface area contributed by atoms with Crippen LogP contribution in [0.1, 0.15) is 17.7 Å². The van der Waals surface area contributed by atoms with Crippen molar-refractivity contribution < 1.29 is 31.4 Å². The van der Waals surface area contributed by atoms with Gasteiger partial charge in [0.05, 0.1) is 6.04 Å². The van der Waals surface area contributed by atoms with Crippen LogP contribution in [0.4, 0.5) is 27.8 Å². The van der Waals surface area contributed by atoms with E-state index in [0.29, 0.717) is 25.0 Å². The third-order valence-electron chi connectivity index (χ3n) is 5.79. The number of fused-ring (bicyclic) bond motifs is 3. The summed E-state index contributed by atoms with van der Waals surface area (Å²) in [5.41, 5.74) is 4.29. The smallest absolute Gasteiger partial charge is 0.433 e. The Morgan fingerprint density at radius 2 is 1.86 bits per heavy atom. The van der Waals surface area contributed by atoms with E-state index < -0.39 is 40.7 Å². The van der Waals surface area contributed by atoms with E-state index in [1.807, 2.05) is 4.90 Å². The lowest BCUT2D eigenvalue weighted by Crippen LogP contribution is -2.28. The molecule has 0 saturated carbocycles. The monoisotopic (exact) mass is 495 g/mol. The average molecular weight is 495 g/mol. The predicted octanol–water partition coefficient (Wildman–Crippen LogP) is 3.23. The maximum absolute atomic E-state index is 14.5. The van der Waals surface area contributed by atoms with Crippen molar-refractivity contribution in [3.63, 3.8) is 0 Å². The second-order valence-electron chi connectivity index (χ2n) is 8.30. The molecule has 0 unspecified atom stereocenters. The van der Waals surface area contributed by atoms with E-state index in [9.17, 15) is 26.7 Å². The minimum absolute atomic E-state index is 0.000250. The topological polar surface area (TPSA) is 95.5 Å². The van der Waals surface area contributed by atoms with Crippen LogP contribution in [0.15, 0.2) is 41.3 Å². The highest BCUT2D eigenvalue weighted by molar-refractivity contribution is 5.49. The summed E-state index contributed by atoms with van der Waals surface area (Å²) in [7, 11) is 0. The van der Waals surface area contributed by atoms with Gasteiger partial charge >= 0.3 is 11.9 Å². The summed E-state index contributed by atoms with van der Waals surface area (Å²) >= 11 is 0. The van der Waals surface area contributed by atoms with Gasteiger partial charge in [-0.25, -0.2) is 13.6 Å². The highest BCUT2D eigenvalue weighted by Gasteiger charge is 2.38. The molecule has 0 aliphatic carbocycles. The number of anilines is 1. The second kappa shape index (κ2) is 8.48. The standard InChI is InChI=1S/C22H18F5N5O3/c23-15-3-11(4-16(24)20(15)35-14-1-2-29-17(6-14)22(25,26)27)10-34-18-7-19-31-8-12(28)5-13(31)9-32(19)21(33)30-18/h1-4,6-7,12-13H,5,8-10,28H2/t12-,13+/m1/s1. The van der Waals surface area contributed by atoms with Crippen molar-refractivity contribution in [2.24, 2.45) is 5.73 Å². The van der Waals surface area contributed by atoms with E-state index in [4.69, 9.17) is 15.2 Å². The first-order valence-corrected chi connectivity index (χ1v) is 10.5. The molecule has 3 aromatic rings. The first-order valence-electron chi connectivity index (χ1n) is 10.5. The minimum atomic E-state index is -4.74. The molecule has 2 N–H and O–H groups in total. The molecule has 0 bridgehead atoms. The quantitative estimate of drug-likeness (QED) is 0.543. The molecule has 2 aliphatic rings. The molecule has 13 heteroatoms. The lowest BCUT2D eigenvalue weighted by Gasteiger charge is -2.17. The van der Waals surface area contributed by atoms with Crippen LogP contribution in [0.5, 0.6) is 17.4 Å². The van der Waals surface area contributed by atoms with Crippen molar-refractivity contribution in [2.45, 2.75) is 37.8 Å². The SMILES string of the molecule is N[C@@H]1C[C@H]2Cn3c(cc(OCc4cc(F)c(Oc5ccnc(C(F)(F)F)c5)c(F)c4)nc3=O)N2C1. The summed E-state index contributed by atoms with van der Waals surface area (Å²) in [6.07, 6.45) is -3.17. The molecule has 184 valence electrons. The Hall–Kier alpha value is -3.74. The van der Waals surface area contributed by atoms with Crippen LogP contribution in [0, 0.1) is 11.6 Å². The Bertz CT molecular complexity index is 1320. The van der Waals surface area contributed by atoms with E-state index in [0.717, 1.165) is 30.8 Å². The first kappa shape index (κ1) is 23.0. The van der Waals surface area contributed by atoms with Crippen molar-refractivity contribution in [3.8, 4) is 17.4 Å². The molecule has 8 nitrogen and oxygen atoms in total. The number of halogens is 5. The van der Waals surface area contributed by atoms with Crippen molar-refractivity contribution >= 4 is 5.82 Å². The number of hydrogen-bond donors (Lipinski definition) is 1. The number of ether oxygens (including phenoxy) is 2. The van der Waals surface area contributed by atoms with Crippen molar-refractivity contribution in [2.75, 3.05) is 11.4 Å². The van der Waals surface area contributed by atoms with E-state index in [2.05, 4.69) is 9.97 Å². The molecule has 1 saturated heterocycles. The Labute approximate surface area is 194 Å². The molecular formula is C22H18F5N5O3. The molecule has 5 rings (SSSR count). The van der Waals surface area contributed by atoms with Gasteiger partial charge in [0, 0.05) is 37.5 Å². The van der Waals surface area contributed by atoms with Gasteiger partial charge < -0.3 is 20.1 Å². The largest absolute Gasteiger partial charge is 0.473 e. The van der Waals surface area contributed by atoms with Gasteiger partial charge in [0.1, 0.15) is 23.9 Å². The number of aromatic nitrogens is 3. The zero-order valence-electron chi connectivity index (χ0n) is 17.9. The maximum Gasteiger partial charge on any atom is 0.433 e. The molecular weight excluding hydrogens is 477 g/mol. The number of nitrogens with zero attached hydrogens (tertiary/aromatic N) is 4. The Kier molecular flexibility index (Phi) is 5.58. The zero-order chi connectivity index (χ0) is 24.9. The van der Waals surface area contributed by atoms with Gasteiger partial charge in [-0.3, -0.25) is 9.55 Å². The number of rotatable bonds is 5. The van der Waals surface area contributed by atoms with Gasteiger partial charge in [-0.1, -0.05) is 0 Å². The van der Waals surface area contributed by atoms with Crippen LogP contribution >= 0.6 is 0 Å². The Morgan fingerprint density at radius 3 is 2.57 bits per heavy atom. The zero-order valence-corrected chi connectivity index (χ0v) is 17.9. The highest BCUT2D eigenvalue weighted by Crippen LogP contribution is 2.34. The summed E-state index contributed by atoms with van der Waals surface area (Å²) < 4.78 is 79.5. The Balaban J connectivity index is 1.32. The fourth-order valence-corrected chi connectivity index (χ4v) is 4.27. The lowest BCUT2D eigenvalue weighted by molar-refractivity contribution is -0.141. The van der Waals surface area contributed by atoms with Crippen LogP contribution < -0.4 is 25.8 Å². The Morgan fingerprint density at radius 1 is 1.11 bits per heavy atom. The molecule has 0 amide bonds. The van der Waals surface area contributed by atoms with Crippen molar-refractivity contribution in [3.05, 3.63) is 69.9 Å². The molecule has 1 aromatic carbocycles. The summed E-state index contributed by atoms with van der Waals surface area (Å²) in [6, 6.07) is 5.09. The number of nitrogens with two attached hydrogens (primary N) is 1. The van der Waals surface area contributed by atoms with Gasteiger partial charge in [-0.2, -0.15) is 18.2 Å². The van der Waals surface area contributed by atoms with Crippen LogP contribution in [0.25, 0.3) is 0 Å². The lowest BCUT2D eigenvalue weighted by atomic mass is 10.2. The van der Waals surface area contributed by atoms with E-state index >= 15 is 0 Å². The minimum Gasteiger partial charge on any atom is -0.473 e. The first-order chi connectivity index (χ1) is 16.6. The third-order valence-corrected chi connectivity index (χ3v) is 5.79. The molecule has 2 aromatic heterocycles. The number of alkyl halides is 3. The molecule has 4 heterocycles. The third kappa shape index (κ3) is 4.50. The number of benzene rings is 1. The van der Waals surface area contributed by atoms with Gasteiger partial charge in [-0.15, -0.1) is 0 Å². The molecule has 2 aliphatic heterocycles. The molecule has 0 radical (unpaired) electrons. The average Bonchev–Trinajstić information content (AvgIpc) is 3.31. The van der Waals surface area contributed by atoms with E-state index in [1.165, 1.54) is 4.57 Å². The number of hydrogen-bond acceptors (Lipinski definition) is 7. The van der Waals surface area contributed by atoms with Gasteiger partial charge in [-0.05, 0) is 30.2 Å². The van der Waals surface area contributed by atoms with Crippen LogP contribution in [0.2, 0.25) is 0 Å². The molecule has 1 fully saturated rings. The van der Waals surface area contributed by atoms with Crippen LogP contribution in [-0.4, -0.2) is 33.2 Å². The summed E-state index contributed by atoms with van der Waals surface area (Å²) in [6.45, 7) is 0.753. The summed E-state index contributed by atoms with van der Waals surface area (Å²) in [5.74, 6) is -3.00. The fraction of sp³-hybridized carbons (Fsp3) is 0.318. The maximum atomic E-state index is 14.5. The number of pyridine rings is 1. The normalized spacial score (nSPS) is 19.0. The molecule has 0 spiro atoms. The summed E-state index contributed by atoms with van der Waals surface area (Å²) in [4.78, 5) is 21.4. The molecule has 35 heavy (non-hydrogen) atoms. The van der Waals surface area contributed by atoms with Crippen LogP contribution in [0.3, 0.4) is 0 Å². The highest BCUT2D eigenvalue weighted by atomic mass is 19.4.